The second-order valence-electron chi connectivity index (χ2n) is 9.30. The van der Waals surface area contributed by atoms with Crippen LogP contribution in [0.5, 0.6) is 0 Å². The maximum Gasteiger partial charge on any atom is 0.262 e. The molecule has 0 radical (unpaired) electrons. The fraction of sp³-hybridized carbons (Fsp3) is 0.600. The van der Waals surface area contributed by atoms with Crippen molar-refractivity contribution < 1.29 is 19.2 Å². The van der Waals surface area contributed by atoms with Crippen LogP contribution in [0.15, 0.2) is 24.3 Å². The molecule has 32 heavy (non-hydrogen) atoms. The fourth-order valence-electron chi connectivity index (χ4n) is 5.28. The van der Waals surface area contributed by atoms with Crippen LogP contribution in [-0.2, 0) is 9.59 Å². The van der Waals surface area contributed by atoms with E-state index >= 15 is 0 Å². The van der Waals surface area contributed by atoms with Gasteiger partial charge in [0.15, 0.2) is 0 Å². The predicted molar refractivity (Wildman–Crippen MR) is 120 cm³/mol. The van der Waals surface area contributed by atoms with Gasteiger partial charge in [-0.2, -0.15) is 0 Å². The summed E-state index contributed by atoms with van der Waals surface area (Å²) in [5.41, 5.74) is 0.700. The molecule has 3 aliphatic rings. The Morgan fingerprint density at radius 3 is 2.12 bits per heavy atom. The Hall–Kier alpha value is -2.70. The number of rotatable bonds is 5. The molecule has 1 aromatic carbocycles. The van der Waals surface area contributed by atoms with E-state index in [1.54, 1.807) is 36.1 Å². The molecule has 1 aromatic rings. The maximum atomic E-state index is 13.2. The van der Waals surface area contributed by atoms with Crippen molar-refractivity contribution in [2.45, 2.75) is 64.3 Å². The molecule has 0 aromatic heterocycles. The topological polar surface area (TPSA) is 78.0 Å². The minimum Gasteiger partial charge on any atom is -0.341 e. The second kappa shape index (κ2) is 9.84. The lowest BCUT2D eigenvalue weighted by molar-refractivity contribution is -0.136. The average Bonchev–Trinajstić information content (AvgIpc) is 2.98. The molecular formula is C25H33N3O4. The number of hydrogen-bond donors (Lipinski definition) is 0. The number of nitrogens with zero attached hydrogens (tertiary/aromatic N) is 3. The smallest absolute Gasteiger partial charge is 0.262 e. The largest absolute Gasteiger partial charge is 0.341 e. The second-order valence-corrected chi connectivity index (χ2v) is 9.30. The third-order valence-corrected chi connectivity index (χ3v) is 7.22. The van der Waals surface area contributed by atoms with Gasteiger partial charge in [0.25, 0.3) is 11.8 Å². The Morgan fingerprint density at radius 2 is 1.47 bits per heavy atom. The van der Waals surface area contributed by atoms with E-state index in [9.17, 15) is 19.2 Å². The quantitative estimate of drug-likeness (QED) is 0.661. The summed E-state index contributed by atoms with van der Waals surface area (Å²) in [6.45, 7) is 3.72. The molecule has 2 aliphatic heterocycles. The molecule has 0 bridgehead atoms. The maximum absolute atomic E-state index is 13.2. The van der Waals surface area contributed by atoms with Crippen molar-refractivity contribution in [3.05, 3.63) is 35.4 Å². The number of benzene rings is 1. The third kappa shape index (κ3) is 4.57. The highest BCUT2D eigenvalue weighted by atomic mass is 16.2. The predicted octanol–water partition coefficient (Wildman–Crippen LogP) is 3.09. The highest BCUT2D eigenvalue weighted by Gasteiger charge is 2.41. The van der Waals surface area contributed by atoms with Gasteiger partial charge < -0.3 is 9.80 Å². The van der Waals surface area contributed by atoms with Crippen LogP contribution < -0.4 is 0 Å². The summed E-state index contributed by atoms with van der Waals surface area (Å²) in [7, 11) is 0. The summed E-state index contributed by atoms with van der Waals surface area (Å²) >= 11 is 0. The molecule has 7 heteroatoms. The van der Waals surface area contributed by atoms with Crippen molar-refractivity contribution in [2.75, 3.05) is 26.2 Å². The van der Waals surface area contributed by atoms with Crippen molar-refractivity contribution in [3.63, 3.8) is 0 Å². The van der Waals surface area contributed by atoms with Gasteiger partial charge in [-0.25, -0.2) is 0 Å². The summed E-state index contributed by atoms with van der Waals surface area (Å²) in [4.78, 5) is 56.0. The van der Waals surface area contributed by atoms with E-state index in [1.165, 1.54) is 32.1 Å². The van der Waals surface area contributed by atoms with Crippen LogP contribution in [-0.4, -0.2) is 70.5 Å². The van der Waals surface area contributed by atoms with E-state index < -0.39 is 17.9 Å². The van der Waals surface area contributed by atoms with Crippen molar-refractivity contribution >= 4 is 23.6 Å². The molecule has 2 heterocycles. The first-order valence-electron chi connectivity index (χ1n) is 12.0. The van der Waals surface area contributed by atoms with E-state index in [0.717, 1.165) is 11.3 Å². The fourth-order valence-corrected chi connectivity index (χ4v) is 5.28. The van der Waals surface area contributed by atoms with Crippen LogP contribution in [0.4, 0.5) is 0 Å². The first-order chi connectivity index (χ1) is 15.5. The van der Waals surface area contributed by atoms with Crippen LogP contribution >= 0.6 is 0 Å². The number of carbonyl (C=O) groups is 4. The molecular weight excluding hydrogens is 406 g/mol. The van der Waals surface area contributed by atoms with Crippen LogP contribution in [0.25, 0.3) is 0 Å². The molecule has 172 valence electrons. The van der Waals surface area contributed by atoms with Gasteiger partial charge in [-0.3, -0.25) is 24.1 Å². The Labute approximate surface area is 189 Å². The molecule has 1 saturated heterocycles. The molecule has 1 saturated carbocycles. The van der Waals surface area contributed by atoms with Gasteiger partial charge in [-0.1, -0.05) is 44.2 Å². The van der Waals surface area contributed by atoms with Gasteiger partial charge in [0.05, 0.1) is 11.1 Å². The SMILES string of the molecule is CC(C(=O)N1CCCN(C(=O)CCC2CCCCC2)CC1)N1C(=O)c2ccccc2C1=O. The number of carbonyl (C=O) groups excluding carboxylic acids is 4. The van der Waals surface area contributed by atoms with E-state index in [4.69, 9.17) is 0 Å². The van der Waals surface area contributed by atoms with Crippen molar-refractivity contribution in [1.82, 2.24) is 14.7 Å². The molecule has 7 nitrogen and oxygen atoms in total. The average molecular weight is 440 g/mol. The van der Waals surface area contributed by atoms with Gasteiger partial charge in [0, 0.05) is 32.6 Å². The zero-order valence-electron chi connectivity index (χ0n) is 18.9. The zero-order valence-corrected chi connectivity index (χ0v) is 18.9. The molecule has 4 amide bonds. The van der Waals surface area contributed by atoms with Crippen molar-refractivity contribution in [1.29, 1.82) is 0 Å². The van der Waals surface area contributed by atoms with Crippen LogP contribution in [0.1, 0.15) is 79.0 Å². The summed E-state index contributed by atoms with van der Waals surface area (Å²) in [5, 5.41) is 0. The highest BCUT2D eigenvalue weighted by Crippen LogP contribution is 2.28. The molecule has 1 unspecified atom stereocenters. The molecule has 1 atom stereocenters. The number of fused-ring (bicyclic) bond motifs is 1. The highest BCUT2D eigenvalue weighted by molar-refractivity contribution is 6.22. The molecule has 0 N–H and O–H groups in total. The minimum absolute atomic E-state index is 0.179. The number of hydrogen-bond acceptors (Lipinski definition) is 4. The van der Waals surface area contributed by atoms with E-state index in [-0.39, 0.29) is 11.8 Å². The zero-order chi connectivity index (χ0) is 22.7. The van der Waals surface area contributed by atoms with Crippen LogP contribution in [0.2, 0.25) is 0 Å². The molecule has 2 fully saturated rings. The molecule has 4 rings (SSSR count). The molecule has 1 aliphatic carbocycles. The van der Waals surface area contributed by atoms with Gasteiger partial charge in [-0.05, 0) is 37.8 Å². The van der Waals surface area contributed by atoms with Gasteiger partial charge in [0.1, 0.15) is 6.04 Å². The summed E-state index contributed by atoms with van der Waals surface area (Å²) in [5.74, 6) is -0.214. The normalized spacial score (nSPS) is 20.8. The third-order valence-electron chi connectivity index (χ3n) is 7.22. The number of amides is 4. The van der Waals surface area contributed by atoms with Crippen molar-refractivity contribution in [3.8, 4) is 0 Å². The summed E-state index contributed by atoms with van der Waals surface area (Å²) in [6, 6.07) is 5.81. The van der Waals surface area contributed by atoms with Crippen LogP contribution in [0.3, 0.4) is 0 Å². The number of imide groups is 1. The Morgan fingerprint density at radius 1 is 0.875 bits per heavy atom. The van der Waals surface area contributed by atoms with E-state index in [2.05, 4.69) is 0 Å². The Kier molecular flexibility index (Phi) is 6.92. The van der Waals surface area contributed by atoms with Crippen molar-refractivity contribution in [2.24, 2.45) is 5.92 Å². The Balaban J connectivity index is 1.32. The minimum atomic E-state index is -0.865. The van der Waals surface area contributed by atoms with E-state index in [1.807, 2.05) is 4.90 Å². The van der Waals surface area contributed by atoms with Gasteiger partial charge in [0.2, 0.25) is 11.8 Å². The summed E-state index contributed by atoms with van der Waals surface area (Å²) in [6.07, 6.45) is 8.63. The summed E-state index contributed by atoms with van der Waals surface area (Å²) < 4.78 is 0. The first kappa shape index (κ1) is 22.5. The van der Waals surface area contributed by atoms with Crippen LogP contribution in [0, 0.1) is 5.92 Å². The van der Waals surface area contributed by atoms with E-state index in [0.29, 0.717) is 56.1 Å². The lowest BCUT2D eigenvalue weighted by Gasteiger charge is -2.28. The lowest BCUT2D eigenvalue weighted by atomic mass is 9.86. The Bertz CT molecular complexity index is 858. The standard InChI is InChI=1S/C25H33N3O4/c1-18(28-24(31)20-10-5-6-11-21(20)25(28)32)23(30)27-15-7-14-26(16-17-27)22(29)13-12-19-8-3-2-4-9-19/h5-6,10-11,18-19H,2-4,7-9,12-17H2,1H3. The lowest BCUT2D eigenvalue weighted by Crippen LogP contribution is -2.50. The van der Waals surface area contributed by atoms with Gasteiger partial charge in [-0.15, -0.1) is 0 Å². The molecule has 0 spiro atoms. The van der Waals surface area contributed by atoms with Gasteiger partial charge >= 0.3 is 0 Å². The first-order valence-corrected chi connectivity index (χ1v) is 12.0. The monoisotopic (exact) mass is 439 g/mol.